The molecule has 0 radical (unpaired) electrons. The molecule has 0 spiro atoms. The van der Waals surface area contributed by atoms with Crippen molar-refractivity contribution < 1.29 is 1.37 Å². The van der Waals surface area contributed by atoms with E-state index in [2.05, 4.69) is 30.6 Å². The summed E-state index contributed by atoms with van der Waals surface area (Å²) in [5.41, 5.74) is 0. The maximum absolute atomic E-state index is 8.02. The highest BCUT2D eigenvalue weighted by Crippen LogP contribution is 2.23. The van der Waals surface area contributed by atoms with Crippen molar-refractivity contribution in [2.24, 2.45) is 0 Å². The van der Waals surface area contributed by atoms with Crippen LogP contribution in [0.15, 0.2) is 23.6 Å². The lowest BCUT2D eigenvalue weighted by Crippen LogP contribution is -1.98. The SMILES string of the molecule is [2H]C(CCCCCCC)CC1C=CC=CS1. The number of hydrogen-bond acceptors (Lipinski definition) is 1. The lowest BCUT2D eigenvalue weighted by atomic mass is 10.1. The standard InChI is InChI=1S/C14H24S/c1-2-3-4-5-6-7-8-11-14-12-9-10-13-15-14/h9-10,12-14H,2-8,11H2,1H3/i8D. The summed E-state index contributed by atoms with van der Waals surface area (Å²) >= 11 is 1.85. The van der Waals surface area contributed by atoms with Crippen LogP contribution in [0.4, 0.5) is 0 Å². The van der Waals surface area contributed by atoms with Crippen molar-refractivity contribution in [3.8, 4) is 0 Å². The number of hydrogen-bond donors (Lipinski definition) is 0. The Bertz CT molecular complexity index is 223. The third-order valence-corrected chi connectivity index (χ3v) is 3.69. The van der Waals surface area contributed by atoms with Crippen LogP contribution in [0.3, 0.4) is 0 Å². The fraction of sp³-hybridized carbons (Fsp3) is 0.714. The number of thioether (sulfide) groups is 1. The van der Waals surface area contributed by atoms with E-state index in [0.29, 0.717) is 5.25 Å². The van der Waals surface area contributed by atoms with Crippen molar-refractivity contribution in [3.63, 3.8) is 0 Å². The van der Waals surface area contributed by atoms with Crippen molar-refractivity contribution in [1.82, 2.24) is 0 Å². The first-order chi connectivity index (χ1) is 7.83. The quantitative estimate of drug-likeness (QED) is 0.504. The first-order valence-corrected chi connectivity index (χ1v) is 7.18. The predicted molar refractivity (Wildman–Crippen MR) is 72.3 cm³/mol. The summed E-state index contributed by atoms with van der Waals surface area (Å²) in [6, 6.07) is 0. The van der Waals surface area contributed by atoms with Gasteiger partial charge in [0.2, 0.25) is 0 Å². The van der Waals surface area contributed by atoms with Crippen LogP contribution in [0.2, 0.25) is 0 Å². The molecule has 1 heterocycles. The maximum Gasteiger partial charge on any atom is 0.0271 e. The van der Waals surface area contributed by atoms with Gasteiger partial charge in [-0.2, -0.15) is 0 Å². The monoisotopic (exact) mass is 225 g/mol. The fourth-order valence-electron chi connectivity index (χ4n) is 1.73. The average Bonchev–Trinajstić information content (AvgIpc) is 2.30. The summed E-state index contributed by atoms with van der Waals surface area (Å²) in [7, 11) is 0. The molecule has 1 aliphatic heterocycles. The van der Waals surface area contributed by atoms with Gasteiger partial charge in [-0.05, 0) is 11.8 Å². The van der Waals surface area contributed by atoms with Crippen molar-refractivity contribution >= 4 is 11.8 Å². The molecule has 0 N–H and O–H groups in total. The molecule has 0 nitrogen and oxygen atoms in total. The van der Waals surface area contributed by atoms with E-state index in [1.807, 2.05) is 11.8 Å². The lowest BCUT2D eigenvalue weighted by Gasteiger charge is -2.11. The van der Waals surface area contributed by atoms with Gasteiger partial charge in [0.1, 0.15) is 0 Å². The molecule has 0 aromatic heterocycles. The van der Waals surface area contributed by atoms with Crippen molar-refractivity contribution in [2.45, 2.75) is 63.5 Å². The minimum atomic E-state index is 0.135. The molecule has 0 saturated heterocycles. The summed E-state index contributed by atoms with van der Waals surface area (Å²) < 4.78 is 8.02. The van der Waals surface area contributed by atoms with E-state index in [1.165, 1.54) is 32.1 Å². The van der Waals surface area contributed by atoms with Crippen molar-refractivity contribution in [2.75, 3.05) is 0 Å². The first-order valence-electron chi connectivity index (χ1n) is 6.81. The second-order valence-electron chi connectivity index (χ2n) is 4.12. The normalized spacial score (nSPS) is 22.7. The molecule has 0 bridgehead atoms. The molecule has 2 atom stereocenters. The average molecular weight is 225 g/mol. The molecule has 0 saturated carbocycles. The number of unbranched alkanes of at least 4 members (excludes halogenated alkanes) is 4. The Hall–Kier alpha value is -0.170. The molecule has 1 rings (SSSR count). The second kappa shape index (κ2) is 9.08. The second-order valence-corrected chi connectivity index (χ2v) is 5.27. The molecule has 1 heteroatoms. The lowest BCUT2D eigenvalue weighted by molar-refractivity contribution is 0.579. The van der Waals surface area contributed by atoms with Gasteiger partial charge in [-0.25, -0.2) is 0 Å². The third-order valence-electron chi connectivity index (χ3n) is 2.68. The first kappa shape index (κ1) is 11.3. The largest absolute Gasteiger partial charge is 0.127 e. The van der Waals surface area contributed by atoms with Crippen molar-refractivity contribution in [3.05, 3.63) is 23.6 Å². The van der Waals surface area contributed by atoms with E-state index < -0.39 is 0 Å². The molecule has 0 aromatic carbocycles. The molecular weight excluding hydrogens is 200 g/mol. The molecule has 86 valence electrons. The molecule has 0 aromatic rings. The van der Waals surface area contributed by atoms with Gasteiger partial charge in [0.25, 0.3) is 0 Å². The van der Waals surface area contributed by atoms with E-state index in [0.717, 1.165) is 12.8 Å². The Kier molecular flexibility index (Phi) is 6.86. The van der Waals surface area contributed by atoms with Gasteiger partial charge in [0, 0.05) is 6.62 Å². The topological polar surface area (TPSA) is 0 Å². The van der Waals surface area contributed by atoms with E-state index >= 15 is 0 Å². The molecule has 15 heavy (non-hydrogen) atoms. The maximum atomic E-state index is 8.02. The van der Waals surface area contributed by atoms with Gasteiger partial charge >= 0.3 is 0 Å². The summed E-state index contributed by atoms with van der Waals surface area (Å²) in [5.74, 6) is 0. The van der Waals surface area contributed by atoms with Gasteiger partial charge in [-0.1, -0.05) is 70.1 Å². The van der Waals surface area contributed by atoms with E-state index in [9.17, 15) is 0 Å². The molecule has 0 fully saturated rings. The van der Waals surface area contributed by atoms with Crippen LogP contribution in [0.25, 0.3) is 0 Å². The van der Waals surface area contributed by atoms with Crippen LogP contribution < -0.4 is 0 Å². The molecular formula is C14H24S. The Balaban J connectivity index is 2.00. The summed E-state index contributed by atoms with van der Waals surface area (Å²) in [6.07, 6.45) is 15.2. The zero-order chi connectivity index (χ0) is 11.6. The zero-order valence-electron chi connectivity index (χ0n) is 10.8. The number of rotatable bonds is 8. The van der Waals surface area contributed by atoms with Crippen LogP contribution in [0.5, 0.6) is 0 Å². The highest BCUT2D eigenvalue weighted by atomic mass is 32.2. The fourth-order valence-corrected chi connectivity index (χ4v) is 2.55. The summed E-state index contributed by atoms with van der Waals surface area (Å²) in [6.45, 7) is 2.24. The van der Waals surface area contributed by atoms with Crippen LogP contribution >= 0.6 is 11.8 Å². The van der Waals surface area contributed by atoms with E-state index in [1.54, 1.807) is 0 Å². The zero-order valence-corrected chi connectivity index (χ0v) is 10.6. The van der Waals surface area contributed by atoms with Gasteiger partial charge in [0.05, 0.1) is 0 Å². The van der Waals surface area contributed by atoms with Crippen LogP contribution in [0.1, 0.15) is 59.6 Å². The summed E-state index contributed by atoms with van der Waals surface area (Å²) in [5, 5.41) is 2.68. The molecule has 0 aliphatic carbocycles. The van der Waals surface area contributed by atoms with E-state index in [-0.39, 0.29) is 6.40 Å². The Morgan fingerprint density at radius 3 is 2.67 bits per heavy atom. The van der Waals surface area contributed by atoms with Gasteiger partial charge in [-0.3, -0.25) is 0 Å². The Labute approximate surface area is 101 Å². The van der Waals surface area contributed by atoms with Crippen molar-refractivity contribution in [1.29, 1.82) is 0 Å². The molecule has 1 aliphatic rings. The van der Waals surface area contributed by atoms with Gasteiger partial charge in [-0.15, -0.1) is 11.8 Å². The molecule has 2 unspecified atom stereocenters. The number of allylic oxidation sites excluding steroid dienone is 2. The minimum Gasteiger partial charge on any atom is -0.127 e. The third kappa shape index (κ3) is 6.83. The minimum absolute atomic E-state index is 0.135. The highest BCUT2D eigenvalue weighted by Gasteiger charge is 2.04. The van der Waals surface area contributed by atoms with E-state index in [4.69, 9.17) is 1.37 Å². The highest BCUT2D eigenvalue weighted by molar-refractivity contribution is 8.02. The Morgan fingerprint density at radius 1 is 1.13 bits per heavy atom. The smallest absolute Gasteiger partial charge is 0.0271 e. The van der Waals surface area contributed by atoms with Gasteiger partial charge < -0.3 is 0 Å². The van der Waals surface area contributed by atoms with Crippen LogP contribution in [-0.2, 0) is 0 Å². The van der Waals surface area contributed by atoms with Gasteiger partial charge in [0.15, 0.2) is 0 Å². The predicted octanol–water partition coefficient (Wildman–Crippen LogP) is 5.31. The van der Waals surface area contributed by atoms with Crippen LogP contribution in [-0.4, -0.2) is 5.25 Å². The molecule has 0 amide bonds. The Morgan fingerprint density at radius 2 is 1.93 bits per heavy atom. The van der Waals surface area contributed by atoms with Crippen LogP contribution in [0, 0.1) is 0 Å². The summed E-state index contributed by atoms with van der Waals surface area (Å²) in [4.78, 5) is 0.